The molecule has 0 radical (unpaired) electrons. The lowest BCUT2D eigenvalue weighted by molar-refractivity contribution is 0.573. The molecule has 1 atom stereocenters. The van der Waals surface area contributed by atoms with Crippen molar-refractivity contribution in [2.45, 2.75) is 13.0 Å². The molecule has 0 saturated carbocycles. The van der Waals surface area contributed by atoms with Gasteiger partial charge in [0.25, 0.3) is 0 Å². The molecular weight excluding hydrogens is 303 g/mol. The molecule has 1 aromatic carbocycles. The van der Waals surface area contributed by atoms with Crippen LogP contribution in [-0.4, -0.2) is 12.0 Å². The minimum atomic E-state index is -0.223. The van der Waals surface area contributed by atoms with E-state index < -0.39 is 0 Å². The van der Waals surface area contributed by atoms with Crippen LogP contribution in [-0.2, 0) is 0 Å². The second-order valence-electron chi connectivity index (χ2n) is 3.67. The summed E-state index contributed by atoms with van der Waals surface area (Å²) in [5, 5.41) is 3.14. The van der Waals surface area contributed by atoms with E-state index in [1.54, 1.807) is 17.6 Å². The lowest BCUT2D eigenvalue weighted by atomic mass is 10.0. The smallest absolute Gasteiger partial charge is 0.142 e. The molecule has 2 nitrogen and oxygen atoms in total. The van der Waals surface area contributed by atoms with Gasteiger partial charge in [-0.1, -0.05) is 12.1 Å². The van der Waals surface area contributed by atoms with Gasteiger partial charge < -0.3 is 5.32 Å². The number of nitrogens with zero attached hydrogens (tertiary/aromatic N) is 1. The molecule has 2 aromatic rings. The van der Waals surface area contributed by atoms with Crippen molar-refractivity contribution < 1.29 is 4.39 Å². The lowest BCUT2D eigenvalue weighted by Crippen LogP contribution is -2.18. The van der Waals surface area contributed by atoms with Gasteiger partial charge >= 0.3 is 0 Å². The van der Waals surface area contributed by atoms with Crippen molar-refractivity contribution in [2.24, 2.45) is 0 Å². The Balaban J connectivity index is 2.50. The summed E-state index contributed by atoms with van der Waals surface area (Å²) in [5.74, 6) is -0.223. The number of thiazole rings is 1. The Bertz CT molecular complexity index is 527. The average Bonchev–Trinajstić information content (AvgIpc) is 2.72. The van der Waals surface area contributed by atoms with E-state index >= 15 is 0 Å². The highest BCUT2D eigenvalue weighted by atomic mass is 79.9. The van der Waals surface area contributed by atoms with Crippen molar-refractivity contribution in [3.8, 4) is 0 Å². The van der Waals surface area contributed by atoms with Gasteiger partial charge in [-0.3, -0.25) is 0 Å². The zero-order valence-electron chi connectivity index (χ0n) is 9.50. The molecule has 1 aromatic heterocycles. The second kappa shape index (κ2) is 5.25. The van der Waals surface area contributed by atoms with Gasteiger partial charge in [0.1, 0.15) is 5.82 Å². The van der Waals surface area contributed by atoms with E-state index in [1.165, 1.54) is 11.3 Å². The summed E-state index contributed by atoms with van der Waals surface area (Å²) >= 11 is 4.75. The molecule has 0 amide bonds. The molecule has 0 saturated heterocycles. The molecular formula is C12H12BrFN2S. The molecule has 2 rings (SSSR count). The van der Waals surface area contributed by atoms with Crippen LogP contribution in [0.2, 0.25) is 0 Å². The molecule has 0 aliphatic carbocycles. The maximum Gasteiger partial charge on any atom is 0.142 e. The Kier molecular flexibility index (Phi) is 3.91. The SMILES string of the molecule is CNC(c1cccc(Br)c1F)c1scnc1C. The number of nitrogens with one attached hydrogen (secondary N) is 1. The first kappa shape index (κ1) is 12.7. The summed E-state index contributed by atoms with van der Waals surface area (Å²) in [5.41, 5.74) is 3.35. The molecule has 1 unspecified atom stereocenters. The van der Waals surface area contributed by atoms with E-state index in [0.29, 0.717) is 10.0 Å². The molecule has 0 bridgehead atoms. The zero-order chi connectivity index (χ0) is 12.4. The summed E-state index contributed by atoms with van der Waals surface area (Å²) in [6.45, 7) is 1.94. The third kappa shape index (κ3) is 2.41. The van der Waals surface area contributed by atoms with E-state index in [2.05, 4.69) is 26.2 Å². The van der Waals surface area contributed by atoms with Crippen LogP contribution in [0.15, 0.2) is 28.2 Å². The van der Waals surface area contributed by atoms with Crippen LogP contribution in [0, 0.1) is 12.7 Å². The summed E-state index contributed by atoms with van der Waals surface area (Å²) in [4.78, 5) is 5.25. The van der Waals surface area contributed by atoms with Crippen molar-refractivity contribution in [1.29, 1.82) is 0 Å². The van der Waals surface area contributed by atoms with Gasteiger partial charge in [-0.05, 0) is 36.0 Å². The van der Waals surface area contributed by atoms with Crippen LogP contribution in [0.4, 0.5) is 4.39 Å². The highest BCUT2D eigenvalue weighted by Gasteiger charge is 2.20. The highest BCUT2D eigenvalue weighted by Crippen LogP contribution is 2.31. The Labute approximate surface area is 112 Å². The van der Waals surface area contributed by atoms with Gasteiger partial charge in [-0.2, -0.15) is 0 Å². The van der Waals surface area contributed by atoms with Crippen LogP contribution in [0.3, 0.4) is 0 Å². The number of aromatic nitrogens is 1. The van der Waals surface area contributed by atoms with E-state index in [-0.39, 0.29) is 11.9 Å². The standard InChI is InChI=1S/C12H12BrFN2S/c1-7-12(17-6-16-7)11(15-2)8-4-3-5-9(13)10(8)14/h3-6,11,15H,1-2H3. The molecule has 1 N–H and O–H groups in total. The Morgan fingerprint density at radius 3 is 2.82 bits per heavy atom. The second-order valence-corrected chi connectivity index (χ2v) is 5.41. The van der Waals surface area contributed by atoms with E-state index in [1.807, 2.05) is 20.0 Å². The van der Waals surface area contributed by atoms with Gasteiger partial charge in [0.2, 0.25) is 0 Å². The van der Waals surface area contributed by atoms with Gasteiger partial charge in [0.15, 0.2) is 0 Å². The summed E-state index contributed by atoms with van der Waals surface area (Å²) in [6.07, 6.45) is 0. The van der Waals surface area contributed by atoms with Crippen molar-refractivity contribution in [3.05, 3.63) is 50.1 Å². The first-order valence-corrected chi connectivity index (χ1v) is 6.83. The van der Waals surface area contributed by atoms with E-state index in [4.69, 9.17) is 0 Å². The van der Waals surface area contributed by atoms with Crippen LogP contribution < -0.4 is 5.32 Å². The summed E-state index contributed by atoms with van der Waals surface area (Å²) in [7, 11) is 1.82. The molecule has 90 valence electrons. The van der Waals surface area contributed by atoms with Crippen LogP contribution >= 0.6 is 27.3 Å². The van der Waals surface area contributed by atoms with E-state index in [9.17, 15) is 4.39 Å². The van der Waals surface area contributed by atoms with Crippen LogP contribution in [0.5, 0.6) is 0 Å². The Hall–Kier alpha value is -0.780. The van der Waals surface area contributed by atoms with E-state index in [0.717, 1.165) is 10.6 Å². The Morgan fingerprint density at radius 1 is 1.47 bits per heavy atom. The maximum absolute atomic E-state index is 14.1. The van der Waals surface area contributed by atoms with Crippen molar-refractivity contribution >= 4 is 27.3 Å². The molecule has 5 heteroatoms. The predicted molar refractivity (Wildman–Crippen MR) is 71.9 cm³/mol. The normalized spacial score (nSPS) is 12.7. The van der Waals surface area contributed by atoms with Crippen molar-refractivity contribution in [2.75, 3.05) is 7.05 Å². The number of hydrogen-bond acceptors (Lipinski definition) is 3. The quantitative estimate of drug-likeness (QED) is 0.935. The number of halogens is 2. The van der Waals surface area contributed by atoms with Gasteiger partial charge in [-0.15, -0.1) is 11.3 Å². The number of aryl methyl sites for hydroxylation is 1. The largest absolute Gasteiger partial charge is 0.309 e. The first-order chi connectivity index (χ1) is 8.15. The number of rotatable bonds is 3. The molecule has 0 spiro atoms. The van der Waals surface area contributed by atoms with Gasteiger partial charge in [0.05, 0.1) is 21.7 Å². The third-order valence-corrected chi connectivity index (χ3v) is 4.23. The molecule has 17 heavy (non-hydrogen) atoms. The fourth-order valence-electron chi connectivity index (χ4n) is 1.76. The molecule has 1 heterocycles. The maximum atomic E-state index is 14.1. The molecule has 0 aliphatic heterocycles. The molecule has 0 aliphatic rings. The number of benzene rings is 1. The fraction of sp³-hybridized carbons (Fsp3) is 0.250. The predicted octanol–water partition coefficient (Wildman–Crippen LogP) is 3.66. The van der Waals surface area contributed by atoms with Crippen molar-refractivity contribution in [1.82, 2.24) is 10.3 Å². The van der Waals surface area contributed by atoms with Gasteiger partial charge in [0, 0.05) is 10.4 Å². The first-order valence-electron chi connectivity index (χ1n) is 5.16. The topological polar surface area (TPSA) is 24.9 Å². The summed E-state index contributed by atoms with van der Waals surface area (Å²) < 4.78 is 14.5. The highest BCUT2D eigenvalue weighted by molar-refractivity contribution is 9.10. The minimum Gasteiger partial charge on any atom is -0.309 e. The van der Waals surface area contributed by atoms with Gasteiger partial charge in [-0.25, -0.2) is 9.37 Å². The van der Waals surface area contributed by atoms with Crippen LogP contribution in [0.25, 0.3) is 0 Å². The zero-order valence-corrected chi connectivity index (χ0v) is 11.9. The Morgan fingerprint density at radius 2 is 2.24 bits per heavy atom. The molecule has 0 fully saturated rings. The van der Waals surface area contributed by atoms with Crippen LogP contribution in [0.1, 0.15) is 22.2 Å². The lowest BCUT2D eigenvalue weighted by Gasteiger charge is -2.17. The third-order valence-electron chi connectivity index (χ3n) is 2.63. The summed E-state index contributed by atoms with van der Waals surface area (Å²) in [6, 6.07) is 5.18. The fourth-order valence-corrected chi connectivity index (χ4v) is 3.07. The average molecular weight is 315 g/mol. The monoisotopic (exact) mass is 314 g/mol. The minimum absolute atomic E-state index is 0.153. The van der Waals surface area contributed by atoms with Crippen molar-refractivity contribution in [3.63, 3.8) is 0 Å². The number of hydrogen-bond donors (Lipinski definition) is 1.